The van der Waals surface area contributed by atoms with Crippen molar-refractivity contribution in [3.05, 3.63) is 324 Å². The monoisotopic (exact) mass is 1070 g/mol. The molecule has 9 aromatic rings. The molecule has 1 aliphatic rings. The molecule has 1 aliphatic carbocycles. The molecule has 368 valence electrons. The maximum Gasteiger partial charge on any atom is -1.00 e. The molecule has 0 heterocycles. The second-order valence-electron chi connectivity index (χ2n) is 20.0. The summed E-state index contributed by atoms with van der Waals surface area (Å²) in [6.07, 6.45) is 4.98. The fourth-order valence-corrected chi connectivity index (χ4v) is 21.1. The van der Waals surface area contributed by atoms with Crippen LogP contribution in [-0.4, -0.2) is 8.07 Å². The van der Waals surface area contributed by atoms with Crippen molar-refractivity contribution in [1.29, 1.82) is 0 Å². The van der Waals surface area contributed by atoms with E-state index >= 15 is 0 Å². The van der Waals surface area contributed by atoms with Gasteiger partial charge in [0.25, 0.3) is 0 Å². The molecule has 0 aromatic heterocycles. The predicted molar refractivity (Wildman–Crippen MR) is 299 cm³/mol. The van der Waals surface area contributed by atoms with E-state index < -0.39 is 13.1 Å². The normalized spacial score (nSPS) is 14.2. The van der Waals surface area contributed by atoms with Gasteiger partial charge < -0.3 is 37.2 Å². The minimum atomic E-state index is -3.63. The Morgan fingerprint density at radius 3 is 0.676 bits per heavy atom. The van der Waals surface area contributed by atoms with Crippen LogP contribution in [-0.2, 0) is 59.0 Å². The van der Waals surface area contributed by atoms with Crippen LogP contribution in [0.25, 0.3) is 0 Å². The molecule has 10 rings (SSSR count). The summed E-state index contributed by atoms with van der Waals surface area (Å²) < 4.78 is 1.50. The average molecular weight is 1070 g/mol. The van der Waals surface area contributed by atoms with E-state index in [-0.39, 0.29) is 37.2 Å². The number of halogens is 3. The van der Waals surface area contributed by atoms with Gasteiger partial charge in [-0.05, 0) is 0 Å². The van der Waals surface area contributed by atoms with Crippen molar-refractivity contribution in [3.63, 3.8) is 0 Å². The molecule has 0 bridgehead atoms. The van der Waals surface area contributed by atoms with Crippen molar-refractivity contribution in [2.45, 2.75) is 71.3 Å². The van der Waals surface area contributed by atoms with E-state index in [9.17, 15) is 0 Å². The molecule has 74 heavy (non-hydrogen) atoms. The van der Waals surface area contributed by atoms with Crippen LogP contribution in [0.2, 0.25) is 5.04 Å². The Bertz CT molecular complexity index is 2820. The van der Waals surface area contributed by atoms with Crippen molar-refractivity contribution in [2.75, 3.05) is 0 Å². The van der Waals surface area contributed by atoms with Crippen molar-refractivity contribution in [2.24, 2.45) is 0 Å². The van der Waals surface area contributed by atoms with Crippen LogP contribution in [0.4, 0.5) is 0 Å². The molecule has 0 saturated carbocycles. The Hall–Kier alpha value is -5.74. The summed E-state index contributed by atoms with van der Waals surface area (Å²) in [5, 5.41) is 4.30. The molecule has 0 radical (unpaired) electrons. The van der Waals surface area contributed by atoms with Gasteiger partial charge >= 0.3 is 439 Å². The third kappa shape index (κ3) is 11.1. The molecule has 0 amide bonds. The maximum atomic E-state index is 2.71. The van der Waals surface area contributed by atoms with E-state index in [1.807, 2.05) is 0 Å². The summed E-state index contributed by atoms with van der Waals surface area (Å²) >= 11 is 2.51. The molecule has 0 aliphatic heterocycles. The fraction of sp³-hybridized carbons (Fsp3) is 0.159. The Morgan fingerprint density at radius 2 is 0.500 bits per heavy atom. The van der Waals surface area contributed by atoms with Crippen molar-refractivity contribution in [3.8, 4) is 0 Å². The molecule has 0 spiro atoms. The first kappa shape index (κ1) is 56.0. The van der Waals surface area contributed by atoms with Crippen LogP contribution < -0.4 is 52.8 Å². The van der Waals surface area contributed by atoms with Crippen molar-refractivity contribution in [1.82, 2.24) is 0 Å². The SMILES string of the molecule is CC1=C(C)C(C)([Si](c2c(Cc3ccccc3)cccc2Cc2ccccc2)(c2c(Cc3ccccc3)cccc2Cc2ccccc2)c2c(Cc3ccccc3)cccc2Cc2ccccc2)[C]([Ti+3])=C1C.[Cl-].[Cl-].[Cl-]. The average Bonchev–Trinajstić information content (AvgIpc) is 3.55. The second-order valence-corrected chi connectivity index (χ2v) is 24.7. The minimum absolute atomic E-state index is 0. The van der Waals surface area contributed by atoms with Gasteiger partial charge in [0.15, 0.2) is 0 Å². The maximum absolute atomic E-state index is 3.63. The number of rotatable bonds is 16. The summed E-state index contributed by atoms with van der Waals surface area (Å²) in [5.74, 6) is 0. The van der Waals surface area contributed by atoms with Gasteiger partial charge in [-0.1, -0.05) is 0 Å². The van der Waals surface area contributed by atoms with Crippen LogP contribution in [0.3, 0.4) is 0 Å². The Labute approximate surface area is 472 Å². The molecular formula is C69H63Cl3SiTi. The first-order valence-electron chi connectivity index (χ1n) is 25.4. The van der Waals surface area contributed by atoms with E-state index in [1.165, 1.54) is 87.4 Å². The molecular weight excluding hydrogens is 1010 g/mol. The van der Waals surface area contributed by atoms with E-state index in [1.54, 1.807) is 15.6 Å². The molecule has 0 nitrogen and oxygen atoms in total. The number of hydrogen-bond donors (Lipinski definition) is 0. The molecule has 1 unspecified atom stereocenters. The van der Waals surface area contributed by atoms with Gasteiger partial charge in [0.1, 0.15) is 0 Å². The summed E-state index contributed by atoms with van der Waals surface area (Å²) in [6, 6.07) is 89.9. The zero-order valence-corrected chi connectivity index (χ0v) is 47.7. The Kier molecular flexibility index (Phi) is 19.1. The zero-order valence-electron chi connectivity index (χ0n) is 42.9. The summed E-state index contributed by atoms with van der Waals surface area (Å²) in [5.41, 5.74) is 21.0. The first-order chi connectivity index (χ1) is 34.8. The van der Waals surface area contributed by atoms with Gasteiger partial charge in [0.2, 0.25) is 0 Å². The number of hydrogen-bond acceptors (Lipinski definition) is 0. The fourth-order valence-electron chi connectivity index (χ4n) is 12.2. The van der Waals surface area contributed by atoms with Gasteiger partial charge in [-0.2, -0.15) is 0 Å². The van der Waals surface area contributed by atoms with E-state index in [4.69, 9.17) is 0 Å². The predicted octanol–water partition coefficient (Wildman–Crippen LogP) is 5.64. The zero-order chi connectivity index (χ0) is 48.8. The van der Waals surface area contributed by atoms with E-state index in [0.29, 0.717) is 0 Å². The van der Waals surface area contributed by atoms with Crippen molar-refractivity contribution < 1.29 is 57.7 Å². The van der Waals surface area contributed by atoms with Gasteiger partial charge in [-0.25, -0.2) is 0 Å². The number of allylic oxidation sites excluding steroid dienone is 4. The molecule has 0 saturated heterocycles. The van der Waals surface area contributed by atoms with Crippen LogP contribution >= 0.6 is 0 Å². The molecule has 1 atom stereocenters. The third-order valence-electron chi connectivity index (χ3n) is 15.8. The van der Waals surface area contributed by atoms with Crippen LogP contribution in [0.1, 0.15) is 94.5 Å². The van der Waals surface area contributed by atoms with Gasteiger partial charge in [-0.15, -0.1) is 0 Å². The minimum Gasteiger partial charge on any atom is -1.00 e. The standard InChI is InChI=1S/C69H63Si.3ClH.Ti/c1-51-50-69(4,53(3)52(51)2)70(66-60(44-54-26-11-5-12-27-54)38-23-39-61(66)45-55-28-13-6-14-29-55,67-62(46-56-30-15-7-16-31-56)40-24-41-63(67)47-57-32-17-8-18-33-57)68-64(48-58-34-19-9-20-35-58)42-25-43-65(68)49-59-36-21-10-22-37-59;;;;/h5-43H,44-49H2,1-4H3;3*1H;/q;;;;+3/p-3. The number of benzene rings is 9. The third-order valence-corrected chi connectivity index (χ3v) is 23.8. The van der Waals surface area contributed by atoms with Crippen LogP contribution in [0.5, 0.6) is 0 Å². The van der Waals surface area contributed by atoms with Gasteiger partial charge in [-0.3, -0.25) is 0 Å². The topological polar surface area (TPSA) is 0 Å². The van der Waals surface area contributed by atoms with E-state index in [0.717, 1.165) is 38.5 Å². The van der Waals surface area contributed by atoms with Crippen LogP contribution in [0.15, 0.2) is 257 Å². The molecule has 0 N–H and O–H groups in total. The van der Waals surface area contributed by atoms with Crippen LogP contribution in [0, 0.1) is 0 Å². The van der Waals surface area contributed by atoms with Gasteiger partial charge in [0.05, 0.1) is 0 Å². The molecule has 0 fully saturated rings. The summed E-state index contributed by atoms with van der Waals surface area (Å²) in [4.78, 5) is 0. The molecule has 9 aromatic carbocycles. The molecule has 5 heteroatoms. The van der Waals surface area contributed by atoms with E-state index in [2.05, 4.69) is 285 Å². The second kappa shape index (κ2) is 25.2. The van der Waals surface area contributed by atoms with Gasteiger partial charge in [0, 0.05) is 0 Å². The van der Waals surface area contributed by atoms with Crippen molar-refractivity contribution >= 4 is 23.6 Å². The smallest absolute Gasteiger partial charge is 1.00 e. The summed E-state index contributed by atoms with van der Waals surface area (Å²) in [7, 11) is -3.63. The first-order valence-corrected chi connectivity index (χ1v) is 28.2. The Balaban J connectivity index is 0.00000267. The largest absolute Gasteiger partial charge is 1.00 e. The Morgan fingerprint density at radius 1 is 0.297 bits per heavy atom. The summed E-state index contributed by atoms with van der Waals surface area (Å²) in [6.45, 7) is 10.1. The quantitative estimate of drug-likeness (QED) is 0.0870.